The topological polar surface area (TPSA) is 83.8 Å². The maximum atomic E-state index is 9.74. The molecule has 24 heavy (non-hydrogen) atoms. The highest BCUT2D eigenvalue weighted by atomic mass is 31.2. The van der Waals surface area contributed by atoms with Crippen LogP contribution >= 0.6 is 7.82 Å². The molecule has 0 amide bonds. The van der Waals surface area contributed by atoms with Crippen LogP contribution in [0.15, 0.2) is 60.7 Å². The number of carbonyl (C=O) groups excluding carboxylic acids is 1. The van der Waals surface area contributed by atoms with E-state index in [1.165, 1.54) is 11.1 Å². The van der Waals surface area contributed by atoms with Crippen LogP contribution in [0.4, 0.5) is 0 Å². The number of benzene rings is 2. The second-order valence-electron chi connectivity index (χ2n) is 5.56. The molecule has 0 aliphatic rings. The molecule has 0 aliphatic heterocycles. The molecule has 130 valence electrons. The molecule has 2 aromatic carbocycles. The average molecular weight is 350 g/mol. The third kappa shape index (κ3) is 9.95. The maximum absolute atomic E-state index is 9.74. The molecule has 0 heterocycles. The fourth-order valence-electron chi connectivity index (χ4n) is 2.27. The molecule has 5 nitrogen and oxygen atoms in total. The van der Waals surface area contributed by atoms with Crippen molar-refractivity contribution in [1.29, 1.82) is 0 Å². The Morgan fingerprint density at radius 2 is 1.33 bits per heavy atom. The molecule has 0 radical (unpaired) electrons. The van der Waals surface area contributed by atoms with Gasteiger partial charge in [-0.3, -0.25) is 14.6 Å². The standard InChI is InChI=1S/C16H18.C2H5O5P/c1-14(12-15-8-4-2-5-9-15)13-16-10-6-3-7-11-16;1-2(3)7-8(4,5)6/h2-11,14H,12-13H2,1H3;1H3,(H2,4,5,6). The van der Waals surface area contributed by atoms with E-state index in [4.69, 9.17) is 9.79 Å². The molecule has 0 aliphatic carbocycles. The molecule has 6 heteroatoms. The van der Waals surface area contributed by atoms with Crippen molar-refractivity contribution in [2.45, 2.75) is 26.7 Å². The van der Waals surface area contributed by atoms with Gasteiger partial charge in [0.05, 0.1) is 0 Å². The van der Waals surface area contributed by atoms with E-state index in [0.717, 1.165) is 19.8 Å². The summed E-state index contributed by atoms with van der Waals surface area (Å²) in [6.45, 7) is 3.24. The Balaban J connectivity index is 0.000000307. The molecule has 0 saturated heterocycles. The lowest BCUT2D eigenvalue weighted by molar-refractivity contribution is -0.133. The monoisotopic (exact) mass is 350 g/mol. The first-order chi connectivity index (χ1) is 11.3. The van der Waals surface area contributed by atoms with Crippen LogP contribution in [0, 0.1) is 5.92 Å². The van der Waals surface area contributed by atoms with E-state index >= 15 is 0 Å². The SMILES string of the molecule is CC(=O)OP(=O)(O)O.CC(Cc1ccccc1)Cc1ccccc1. The van der Waals surface area contributed by atoms with Gasteiger partial charge in [-0.25, -0.2) is 4.57 Å². The molecule has 0 bridgehead atoms. The Hall–Kier alpha value is -1.94. The minimum Gasteiger partial charge on any atom is -0.371 e. The van der Waals surface area contributed by atoms with Crippen molar-refractivity contribution in [2.75, 3.05) is 0 Å². The van der Waals surface area contributed by atoms with E-state index in [2.05, 4.69) is 72.1 Å². The number of hydrogen-bond donors (Lipinski definition) is 2. The van der Waals surface area contributed by atoms with Crippen LogP contribution in [0.2, 0.25) is 0 Å². The van der Waals surface area contributed by atoms with Gasteiger partial charge in [0.1, 0.15) is 0 Å². The second-order valence-corrected chi connectivity index (χ2v) is 6.72. The summed E-state index contributed by atoms with van der Waals surface area (Å²) in [5.41, 5.74) is 2.87. The quantitative estimate of drug-likeness (QED) is 0.803. The Morgan fingerprint density at radius 3 is 1.58 bits per heavy atom. The number of phosphoric acid groups is 1. The highest BCUT2D eigenvalue weighted by Gasteiger charge is 2.16. The largest absolute Gasteiger partial charge is 0.526 e. The van der Waals surface area contributed by atoms with E-state index in [0.29, 0.717) is 5.92 Å². The lowest BCUT2D eigenvalue weighted by Gasteiger charge is -2.11. The molecule has 0 fully saturated rings. The van der Waals surface area contributed by atoms with Crippen molar-refractivity contribution in [3.05, 3.63) is 71.8 Å². The smallest absolute Gasteiger partial charge is 0.371 e. The third-order valence-electron chi connectivity index (χ3n) is 3.10. The molecule has 0 saturated carbocycles. The zero-order chi connectivity index (χ0) is 18.0. The normalized spacial score (nSPS) is 10.7. The Labute approximate surface area is 142 Å². The maximum Gasteiger partial charge on any atom is 0.526 e. The van der Waals surface area contributed by atoms with Gasteiger partial charge in [0.2, 0.25) is 0 Å². The van der Waals surface area contributed by atoms with Gasteiger partial charge in [0.25, 0.3) is 0 Å². The summed E-state index contributed by atoms with van der Waals surface area (Å²) in [7, 11) is -4.57. The summed E-state index contributed by atoms with van der Waals surface area (Å²) in [6.07, 6.45) is 2.32. The van der Waals surface area contributed by atoms with E-state index in [9.17, 15) is 9.36 Å². The Kier molecular flexibility index (Phi) is 8.41. The van der Waals surface area contributed by atoms with Crippen LogP contribution < -0.4 is 0 Å². The number of carbonyl (C=O) groups is 1. The first-order valence-corrected chi connectivity index (χ1v) is 9.13. The van der Waals surface area contributed by atoms with Crippen molar-refractivity contribution < 1.29 is 23.7 Å². The predicted octanol–water partition coefficient (Wildman–Crippen LogP) is 3.75. The molecule has 2 N–H and O–H groups in total. The molecular weight excluding hydrogens is 327 g/mol. The van der Waals surface area contributed by atoms with Gasteiger partial charge in [-0.1, -0.05) is 67.6 Å². The van der Waals surface area contributed by atoms with Crippen LogP contribution in [0.1, 0.15) is 25.0 Å². The summed E-state index contributed by atoms with van der Waals surface area (Å²) < 4.78 is 13.2. The fourth-order valence-corrected chi connectivity index (χ4v) is 2.61. The van der Waals surface area contributed by atoms with Gasteiger partial charge in [0.15, 0.2) is 0 Å². The Morgan fingerprint density at radius 1 is 0.958 bits per heavy atom. The van der Waals surface area contributed by atoms with Crippen LogP contribution in [0.5, 0.6) is 0 Å². The van der Waals surface area contributed by atoms with Crippen molar-refractivity contribution in [2.24, 2.45) is 5.92 Å². The first-order valence-electron chi connectivity index (χ1n) is 7.60. The van der Waals surface area contributed by atoms with E-state index < -0.39 is 13.8 Å². The molecule has 0 aromatic heterocycles. The summed E-state index contributed by atoms with van der Waals surface area (Å²) >= 11 is 0. The number of rotatable bonds is 5. The number of hydrogen-bond acceptors (Lipinski definition) is 3. The average Bonchev–Trinajstić information content (AvgIpc) is 2.47. The fraction of sp³-hybridized carbons (Fsp3) is 0.278. The van der Waals surface area contributed by atoms with Crippen LogP contribution in [-0.4, -0.2) is 15.8 Å². The molecule has 2 aromatic rings. The highest BCUT2D eigenvalue weighted by Crippen LogP contribution is 2.35. The van der Waals surface area contributed by atoms with Gasteiger partial charge < -0.3 is 4.52 Å². The minimum absolute atomic E-state index is 0.699. The van der Waals surface area contributed by atoms with Gasteiger partial charge in [-0.2, -0.15) is 0 Å². The van der Waals surface area contributed by atoms with Gasteiger partial charge in [0, 0.05) is 6.92 Å². The summed E-state index contributed by atoms with van der Waals surface area (Å²) in [5, 5.41) is 0. The minimum atomic E-state index is -4.57. The molecular formula is C18H23O5P. The second kappa shape index (κ2) is 10.0. The lowest BCUT2D eigenvalue weighted by atomic mass is 9.94. The highest BCUT2D eigenvalue weighted by molar-refractivity contribution is 7.46. The van der Waals surface area contributed by atoms with Gasteiger partial charge >= 0.3 is 13.8 Å². The predicted molar refractivity (Wildman–Crippen MR) is 93.3 cm³/mol. The summed E-state index contributed by atoms with van der Waals surface area (Å²) in [4.78, 5) is 25.5. The molecule has 0 unspecified atom stereocenters. The molecule has 0 atom stereocenters. The molecule has 2 rings (SSSR count). The third-order valence-corrected chi connectivity index (χ3v) is 3.60. The zero-order valence-electron chi connectivity index (χ0n) is 13.8. The first kappa shape index (κ1) is 20.1. The van der Waals surface area contributed by atoms with Crippen molar-refractivity contribution in [3.63, 3.8) is 0 Å². The summed E-state index contributed by atoms with van der Waals surface area (Å²) in [5.74, 6) is -0.289. The van der Waals surface area contributed by atoms with Gasteiger partial charge in [-0.15, -0.1) is 0 Å². The number of phosphoric ester groups is 1. The van der Waals surface area contributed by atoms with Crippen molar-refractivity contribution in [3.8, 4) is 0 Å². The molecule has 0 spiro atoms. The zero-order valence-corrected chi connectivity index (χ0v) is 14.7. The Bertz CT molecular complexity index is 610. The van der Waals surface area contributed by atoms with Crippen LogP contribution in [-0.2, 0) is 26.7 Å². The van der Waals surface area contributed by atoms with Crippen LogP contribution in [0.3, 0.4) is 0 Å². The van der Waals surface area contributed by atoms with E-state index in [1.807, 2.05) is 0 Å². The summed E-state index contributed by atoms with van der Waals surface area (Å²) in [6, 6.07) is 21.5. The van der Waals surface area contributed by atoms with E-state index in [1.54, 1.807) is 0 Å². The van der Waals surface area contributed by atoms with Crippen molar-refractivity contribution >= 4 is 13.8 Å². The van der Waals surface area contributed by atoms with Crippen molar-refractivity contribution in [1.82, 2.24) is 0 Å². The lowest BCUT2D eigenvalue weighted by Crippen LogP contribution is -2.03. The van der Waals surface area contributed by atoms with E-state index in [-0.39, 0.29) is 0 Å². The van der Waals surface area contributed by atoms with Gasteiger partial charge in [-0.05, 0) is 29.9 Å². The van der Waals surface area contributed by atoms with Crippen LogP contribution in [0.25, 0.3) is 0 Å².